The summed E-state index contributed by atoms with van der Waals surface area (Å²) in [5, 5.41) is 4.57. The van der Waals surface area contributed by atoms with Crippen molar-refractivity contribution in [2.75, 3.05) is 13.1 Å². The summed E-state index contributed by atoms with van der Waals surface area (Å²) >= 11 is 0. The molecule has 0 saturated carbocycles. The fourth-order valence-corrected chi connectivity index (χ4v) is 2.70. The van der Waals surface area contributed by atoms with E-state index in [9.17, 15) is 0 Å². The zero-order valence-corrected chi connectivity index (χ0v) is 9.86. The summed E-state index contributed by atoms with van der Waals surface area (Å²) in [5.41, 5.74) is 8.46. The number of para-hydroxylation sites is 1. The van der Waals surface area contributed by atoms with E-state index in [-0.39, 0.29) is 6.04 Å². The second kappa shape index (κ2) is 4.51. The topological polar surface area (TPSA) is 51.2 Å². The zero-order chi connectivity index (χ0) is 11.7. The summed E-state index contributed by atoms with van der Waals surface area (Å²) in [4.78, 5) is 0. The predicted molar refractivity (Wildman–Crippen MR) is 68.7 cm³/mol. The Morgan fingerprint density at radius 1 is 1.35 bits per heavy atom. The van der Waals surface area contributed by atoms with Crippen molar-refractivity contribution in [3.8, 4) is 0 Å². The first-order valence-electron chi connectivity index (χ1n) is 6.28. The van der Waals surface area contributed by atoms with Gasteiger partial charge in [-0.05, 0) is 37.9 Å². The molecule has 0 aliphatic carbocycles. The van der Waals surface area contributed by atoms with Crippen LogP contribution < -0.4 is 11.1 Å². The summed E-state index contributed by atoms with van der Waals surface area (Å²) in [6.45, 7) is 2.13. The molecule has 2 aromatic rings. The van der Waals surface area contributed by atoms with Crippen LogP contribution >= 0.6 is 0 Å². The number of hydrogen-bond donors (Lipinski definition) is 2. The van der Waals surface area contributed by atoms with Gasteiger partial charge in [-0.2, -0.15) is 0 Å². The van der Waals surface area contributed by atoms with Crippen molar-refractivity contribution >= 4 is 11.0 Å². The number of piperidine rings is 1. The average molecular weight is 230 g/mol. The van der Waals surface area contributed by atoms with Crippen molar-refractivity contribution in [3.05, 3.63) is 36.1 Å². The lowest BCUT2D eigenvalue weighted by molar-refractivity contribution is 0.326. The monoisotopic (exact) mass is 230 g/mol. The van der Waals surface area contributed by atoms with Gasteiger partial charge in [0.15, 0.2) is 0 Å². The van der Waals surface area contributed by atoms with Crippen LogP contribution in [0, 0.1) is 5.92 Å². The van der Waals surface area contributed by atoms with Gasteiger partial charge < -0.3 is 15.5 Å². The summed E-state index contributed by atoms with van der Waals surface area (Å²) in [6, 6.07) is 8.18. The van der Waals surface area contributed by atoms with Crippen molar-refractivity contribution in [1.29, 1.82) is 0 Å². The van der Waals surface area contributed by atoms with Crippen LogP contribution in [0.25, 0.3) is 11.0 Å². The maximum atomic E-state index is 6.38. The minimum Gasteiger partial charge on any atom is -0.464 e. The summed E-state index contributed by atoms with van der Waals surface area (Å²) in [6.07, 6.45) is 4.24. The number of fused-ring (bicyclic) bond motifs is 1. The molecule has 0 bridgehead atoms. The van der Waals surface area contributed by atoms with Crippen molar-refractivity contribution in [3.63, 3.8) is 0 Å². The van der Waals surface area contributed by atoms with Crippen LogP contribution in [0.2, 0.25) is 0 Å². The number of nitrogens with two attached hydrogens (primary N) is 1. The second-order valence-corrected chi connectivity index (χ2v) is 4.82. The highest BCUT2D eigenvalue weighted by Crippen LogP contribution is 2.31. The van der Waals surface area contributed by atoms with Gasteiger partial charge in [0.2, 0.25) is 0 Å². The Morgan fingerprint density at radius 2 is 2.24 bits per heavy atom. The van der Waals surface area contributed by atoms with E-state index in [0.29, 0.717) is 5.92 Å². The van der Waals surface area contributed by atoms with Gasteiger partial charge in [0.1, 0.15) is 5.58 Å². The Labute approximate surface area is 101 Å². The Morgan fingerprint density at radius 3 is 3.06 bits per heavy atom. The molecule has 3 N–H and O–H groups in total. The standard InChI is InChI=1S/C14H18N2O/c15-14(10-4-3-7-16-8-10)12-9-17-13-6-2-1-5-11(12)13/h1-2,5-6,9-10,14,16H,3-4,7-8,15H2. The van der Waals surface area contributed by atoms with Gasteiger partial charge in [-0.25, -0.2) is 0 Å². The molecule has 2 atom stereocenters. The molecular formula is C14H18N2O. The highest BCUT2D eigenvalue weighted by Gasteiger charge is 2.24. The summed E-state index contributed by atoms with van der Waals surface area (Å²) in [5.74, 6) is 0.518. The highest BCUT2D eigenvalue weighted by atomic mass is 16.3. The van der Waals surface area contributed by atoms with Crippen LogP contribution in [-0.2, 0) is 0 Å². The molecule has 0 amide bonds. The quantitative estimate of drug-likeness (QED) is 0.833. The zero-order valence-electron chi connectivity index (χ0n) is 9.86. The molecule has 2 heterocycles. The van der Waals surface area contributed by atoms with Crippen LogP contribution in [0.4, 0.5) is 0 Å². The second-order valence-electron chi connectivity index (χ2n) is 4.82. The van der Waals surface area contributed by atoms with Crippen molar-refractivity contribution < 1.29 is 4.42 Å². The summed E-state index contributed by atoms with van der Waals surface area (Å²) < 4.78 is 5.56. The van der Waals surface area contributed by atoms with Crippen molar-refractivity contribution in [2.24, 2.45) is 11.7 Å². The van der Waals surface area contributed by atoms with E-state index in [1.165, 1.54) is 12.8 Å². The van der Waals surface area contributed by atoms with Crippen LogP contribution in [0.1, 0.15) is 24.4 Å². The van der Waals surface area contributed by atoms with Crippen LogP contribution in [-0.4, -0.2) is 13.1 Å². The van der Waals surface area contributed by atoms with E-state index < -0.39 is 0 Å². The maximum absolute atomic E-state index is 6.38. The molecule has 1 aromatic carbocycles. The Balaban J connectivity index is 1.92. The average Bonchev–Trinajstić information content (AvgIpc) is 2.83. The number of benzene rings is 1. The van der Waals surface area contributed by atoms with Gasteiger partial charge in [0.25, 0.3) is 0 Å². The molecule has 1 aliphatic rings. The van der Waals surface area contributed by atoms with Gasteiger partial charge >= 0.3 is 0 Å². The number of hydrogen-bond acceptors (Lipinski definition) is 3. The normalized spacial score (nSPS) is 22.8. The Bertz CT molecular complexity index is 500. The van der Waals surface area contributed by atoms with Gasteiger partial charge in [-0.1, -0.05) is 18.2 Å². The van der Waals surface area contributed by atoms with Gasteiger partial charge in [0.05, 0.1) is 6.26 Å². The molecule has 3 rings (SSSR count). The summed E-state index contributed by atoms with van der Waals surface area (Å²) in [7, 11) is 0. The highest BCUT2D eigenvalue weighted by molar-refractivity contribution is 5.81. The molecule has 1 aromatic heterocycles. The SMILES string of the molecule is NC(c1coc2ccccc12)C1CCCNC1. The largest absolute Gasteiger partial charge is 0.464 e. The first-order valence-corrected chi connectivity index (χ1v) is 6.28. The molecule has 1 aliphatic heterocycles. The minimum atomic E-state index is 0.0754. The molecule has 90 valence electrons. The van der Waals surface area contributed by atoms with Crippen LogP contribution in [0.15, 0.2) is 34.9 Å². The lowest BCUT2D eigenvalue weighted by atomic mass is 9.88. The third kappa shape index (κ3) is 1.96. The molecule has 1 fully saturated rings. The van der Waals surface area contributed by atoms with E-state index in [2.05, 4.69) is 11.4 Å². The van der Waals surface area contributed by atoms with Crippen molar-refractivity contribution in [1.82, 2.24) is 5.32 Å². The first kappa shape index (κ1) is 10.8. The van der Waals surface area contributed by atoms with E-state index in [1.54, 1.807) is 0 Å². The van der Waals surface area contributed by atoms with Gasteiger partial charge in [-0.15, -0.1) is 0 Å². The molecule has 3 nitrogen and oxygen atoms in total. The molecule has 3 heteroatoms. The lowest BCUT2D eigenvalue weighted by Gasteiger charge is -2.27. The number of furan rings is 1. The Kier molecular flexibility index (Phi) is 2.87. The maximum Gasteiger partial charge on any atom is 0.134 e. The van der Waals surface area contributed by atoms with E-state index in [1.807, 2.05) is 24.5 Å². The minimum absolute atomic E-state index is 0.0754. The van der Waals surface area contributed by atoms with Crippen molar-refractivity contribution in [2.45, 2.75) is 18.9 Å². The molecule has 0 spiro atoms. The third-order valence-electron chi connectivity index (χ3n) is 3.71. The lowest BCUT2D eigenvalue weighted by Crippen LogP contribution is -2.36. The van der Waals surface area contributed by atoms with E-state index in [4.69, 9.17) is 10.2 Å². The van der Waals surface area contributed by atoms with Gasteiger partial charge in [0, 0.05) is 17.0 Å². The number of rotatable bonds is 2. The predicted octanol–water partition coefficient (Wildman–Crippen LogP) is 2.43. The Hall–Kier alpha value is -1.32. The molecule has 1 saturated heterocycles. The fraction of sp³-hybridized carbons (Fsp3) is 0.429. The van der Waals surface area contributed by atoms with E-state index >= 15 is 0 Å². The first-order chi connectivity index (χ1) is 8.36. The molecule has 0 radical (unpaired) electrons. The number of nitrogens with one attached hydrogen (secondary N) is 1. The third-order valence-corrected chi connectivity index (χ3v) is 3.71. The fourth-order valence-electron chi connectivity index (χ4n) is 2.70. The van der Waals surface area contributed by atoms with Gasteiger partial charge in [-0.3, -0.25) is 0 Å². The van der Waals surface area contributed by atoms with E-state index in [0.717, 1.165) is 29.6 Å². The molecule has 17 heavy (non-hydrogen) atoms. The molecular weight excluding hydrogens is 212 g/mol. The molecule has 2 unspecified atom stereocenters. The van der Waals surface area contributed by atoms with Crippen LogP contribution in [0.5, 0.6) is 0 Å². The smallest absolute Gasteiger partial charge is 0.134 e. The van der Waals surface area contributed by atoms with Crippen LogP contribution in [0.3, 0.4) is 0 Å².